The molecule has 0 unspecified atom stereocenters. The minimum atomic E-state index is -0.497. The van der Waals surface area contributed by atoms with Gasteiger partial charge in [0.05, 0.1) is 17.1 Å². The molecule has 0 saturated carbocycles. The van der Waals surface area contributed by atoms with Crippen molar-refractivity contribution in [1.82, 2.24) is 18.9 Å². The summed E-state index contributed by atoms with van der Waals surface area (Å²) in [5.74, 6) is 0.270. The predicted molar refractivity (Wildman–Crippen MR) is 83.3 cm³/mol. The maximum absolute atomic E-state index is 12.8. The first kappa shape index (κ1) is 12.6. The number of para-hydroxylation sites is 1. The second-order valence-electron chi connectivity index (χ2n) is 4.98. The van der Waals surface area contributed by atoms with E-state index in [1.807, 2.05) is 30.4 Å². The first-order valence-corrected chi connectivity index (χ1v) is 6.91. The summed E-state index contributed by atoms with van der Waals surface area (Å²) in [6.07, 6.45) is 8.18. The van der Waals surface area contributed by atoms with E-state index in [0.29, 0.717) is 17.8 Å². The Hall–Kier alpha value is -3.15. The summed E-state index contributed by atoms with van der Waals surface area (Å²) >= 11 is 0. The van der Waals surface area contributed by atoms with Crippen molar-refractivity contribution in [1.29, 1.82) is 0 Å². The molecule has 0 bridgehead atoms. The molecule has 6 heteroatoms. The SMILES string of the molecule is O=c1[nH]c2nc3c(n2c(=O)n1-c1ccccc1)C=CC=CC3. The molecule has 4 rings (SSSR count). The first-order chi connectivity index (χ1) is 10.8. The smallest absolute Gasteiger partial charge is 0.276 e. The molecule has 0 radical (unpaired) electrons. The van der Waals surface area contributed by atoms with Gasteiger partial charge in [0, 0.05) is 6.42 Å². The van der Waals surface area contributed by atoms with Gasteiger partial charge in [-0.15, -0.1) is 0 Å². The largest absolute Gasteiger partial charge is 0.344 e. The molecule has 2 heterocycles. The van der Waals surface area contributed by atoms with E-state index in [1.165, 1.54) is 4.40 Å². The molecule has 1 aromatic carbocycles. The Morgan fingerprint density at radius 1 is 1.09 bits per heavy atom. The number of aromatic amines is 1. The fourth-order valence-electron chi connectivity index (χ4n) is 2.62. The zero-order valence-electron chi connectivity index (χ0n) is 11.6. The number of fused-ring (bicyclic) bond motifs is 3. The number of nitrogens with one attached hydrogen (secondary N) is 1. The van der Waals surface area contributed by atoms with Crippen LogP contribution in [-0.2, 0) is 6.42 Å². The van der Waals surface area contributed by atoms with E-state index in [-0.39, 0.29) is 5.78 Å². The first-order valence-electron chi connectivity index (χ1n) is 6.91. The normalized spacial score (nSPS) is 13.3. The topological polar surface area (TPSA) is 72.2 Å². The third-order valence-corrected chi connectivity index (χ3v) is 3.62. The van der Waals surface area contributed by atoms with E-state index in [0.717, 1.165) is 10.3 Å². The molecule has 1 N–H and O–H groups in total. The van der Waals surface area contributed by atoms with Crippen LogP contribution in [0.1, 0.15) is 11.4 Å². The Kier molecular flexibility index (Phi) is 2.69. The molecular weight excluding hydrogens is 280 g/mol. The standard InChI is InChI=1S/C16H12N4O2/c21-15-18-14-17-12-9-5-2-6-10-13(12)20(14)16(22)19(15)11-7-3-1-4-8-11/h1-8,10H,9H2,(H,17,18,21). The Balaban J connectivity index is 2.11. The zero-order valence-corrected chi connectivity index (χ0v) is 11.6. The van der Waals surface area contributed by atoms with Gasteiger partial charge >= 0.3 is 11.4 Å². The zero-order chi connectivity index (χ0) is 15.1. The fraction of sp³-hybridized carbons (Fsp3) is 0.0625. The van der Waals surface area contributed by atoms with Crippen molar-refractivity contribution >= 4 is 11.9 Å². The molecule has 0 spiro atoms. The average molecular weight is 292 g/mol. The van der Waals surface area contributed by atoms with Crippen LogP contribution in [0.5, 0.6) is 0 Å². The van der Waals surface area contributed by atoms with Gasteiger partial charge in [0.15, 0.2) is 0 Å². The summed E-state index contributed by atoms with van der Waals surface area (Å²) in [6.45, 7) is 0. The molecule has 0 fully saturated rings. The van der Waals surface area contributed by atoms with E-state index >= 15 is 0 Å². The van der Waals surface area contributed by atoms with Gasteiger partial charge in [-0.3, -0.25) is 4.98 Å². The van der Waals surface area contributed by atoms with Crippen molar-refractivity contribution in [2.24, 2.45) is 0 Å². The molecule has 3 aromatic rings. The van der Waals surface area contributed by atoms with Gasteiger partial charge in [-0.25, -0.2) is 23.5 Å². The van der Waals surface area contributed by atoms with Crippen LogP contribution in [0.15, 0.2) is 58.1 Å². The lowest BCUT2D eigenvalue weighted by Crippen LogP contribution is -2.38. The second-order valence-corrected chi connectivity index (χ2v) is 4.98. The number of benzene rings is 1. The van der Waals surface area contributed by atoms with Gasteiger partial charge in [0.25, 0.3) is 0 Å². The van der Waals surface area contributed by atoms with E-state index in [4.69, 9.17) is 0 Å². The number of H-pyrrole nitrogens is 1. The van der Waals surface area contributed by atoms with Crippen LogP contribution in [0.25, 0.3) is 17.5 Å². The summed E-state index contributed by atoms with van der Waals surface area (Å²) < 4.78 is 2.55. The van der Waals surface area contributed by atoms with Crippen LogP contribution in [-0.4, -0.2) is 18.9 Å². The Bertz CT molecular complexity index is 1040. The lowest BCUT2D eigenvalue weighted by molar-refractivity contribution is 0.793. The van der Waals surface area contributed by atoms with E-state index in [2.05, 4.69) is 9.97 Å². The number of rotatable bonds is 1. The summed E-state index contributed by atoms with van der Waals surface area (Å²) in [7, 11) is 0. The molecule has 1 aliphatic rings. The van der Waals surface area contributed by atoms with Gasteiger partial charge in [0.2, 0.25) is 5.78 Å². The van der Waals surface area contributed by atoms with Crippen molar-refractivity contribution in [3.8, 4) is 5.69 Å². The third kappa shape index (κ3) is 1.77. The minimum absolute atomic E-state index is 0.270. The molecule has 0 atom stereocenters. The van der Waals surface area contributed by atoms with Crippen LogP contribution in [0.3, 0.4) is 0 Å². The highest BCUT2D eigenvalue weighted by atomic mass is 16.2. The molecule has 22 heavy (non-hydrogen) atoms. The lowest BCUT2D eigenvalue weighted by Gasteiger charge is -2.05. The van der Waals surface area contributed by atoms with Crippen molar-refractivity contribution in [3.05, 3.63) is 80.9 Å². The summed E-state index contributed by atoms with van der Waals surface area (Å²) in [5.41, 5.74) is 1.07. The molecule has 6 nitrogen and oxygen atoms in total. The van der Waals surface area contributed by atoms with Crippen LogP contribution < -0.4 is 11.4 Å². The van der Waals surface area contributed by atoms with Gasteiger partial charge in [0.1, 0.15) is 0 Å². The van der Waals surface area contributed by atoms with Crippen molar-refractivity contribution < 1.29 is 0 Å². The van der Waals surface area contributed by atoms with E-state index in [9.17, 15) is 9.59 Å². The van der Waals surface area contributed by atoms with Gasteiger partial charge in [-0.1, -0.05) is 36.4 Å². The summed E-state index contributed by atoms with van der Waals surface area (Å²) in [6, 6.07) is 8.83. The maximum atomic E-state index is 12.8. The lowest BCUT2D eigenvalue weighted by atomic mass is 10.2. The molecule has 1 aliphatic carbocycles. The fourth-order valence-corrected chi connectivity index (χ4v) is 2.62. The number of hydrogen-bond acceptors (Lipinski definition) is 3. The van der Waals surface area contributed by atoms with Gasteiger partial charge < -0.3 is 0 Å². The Morgan fingerprint density at radius 3 is 2.73 bits per heavy atom. The second kappa shape index (κ2) is 4.70. The van der Waals surface area contributed by atoms with Crippen LogP contribution in [0.4, 0.5) is 0 Å². The molecule has 0 saturated heterocycles. The molecule has 2 aromatic heterocycles. The van der Waals surface area contributed by atoms with E-state index < -0.39 is 11.4 Å². The van der Waals surface area contributed by atoms with Crippen LogP contribution >= 0.6 is 0 Å². The monoisotopic (exact) mass is 292 g/mol. The molecule has 108 valence electrons. The number of aromatic nitrogens is 4. The highest BCUT2D eigenvalue weighted by Gasteiger charge is 2.16. The minimum Gasteiger partial charge on any atom is -0.276 e. The highest BCUT2D eigenvalue weighted by Crippen LogP contribution is 2.14. The van der Waals surface area contributed by atoms with Crippen LogP contribution in [0, 0.1) is 0 Å². The Labute approximate surface area is 124 Å². The number of nitrogens with zero attached hydrogens (tertiary/aromatic N) is 3. The highest BCUT2D eigenvalue weighted by molar-refractivity contribution is 5.57. The van der Waals surface area contributed by atoms with Crippen molar-refractivity contribution in [2.45, 2.75) is 6.42 Å². The maximum Gasteiger partial charge on any atom is 0.344 e. The average Bonchev–Trinajstić information content (AvgIpc) is 2.70. The van der Waals surface area contributed by atoms with E-state index in [1.54, 1.807) is 24.3 Å². The van der Waals surface area contributed by atoms with Crippen molar-refractivity contribution in [3.63, 3.8) is 0 Å². The summed E-state index contributed by atoms with van der Waals surface area (Å²) in [5, 5.41) is 0. The molecule has 0 amide bonds. The number of allylic oxidation sites excluding steroid dienone is 3. The Morgan fingerprint density at radius 2 is 1.91 bits per heavy atom. The van der Waals surface area contributed by atoms with Crippen molar-refractivity contribution in [2.75, 3.05) is 0 Å². The summed E-state index contributed by atoms with van der Waals surface area (Å²) in [4.78, 5) is 32.1. The van der Waals surface area contributed by atoms with Gasteiger partial charge in [-0.2, -0.15) is 0 Å². The van der Waals surface area contributed by atoms with Crippen LogP contribution in [0.2, 0.25) is 0 Å². The predicted octanol–water partition coefficient (Wildman–Crippen LogP) is 1.30. The number of imidazole rings is 1. The number of hydrogen-bond donors (Lipinski definition) is 1. The third-order valence-electron chi connectivity index (χ3n) is 3.62. The van der Waals surface area contributed by atoms with Gasteiger partial charge in [-0.05, 0) is 18.2 Å². The molecular formula is C16H12N4O2. The molecule has 0 aliphatic heterocycles. The quantitative estimate of drug-likeness (QED) is 0.735.